The van der Waals surface area contributed by atoms with Gasteiger partial charge in [0.05, 0.1) is 6.61 Å². The summed E-state index contributed by atoms with van der Waals surface area (Å²) in [6, 6.07) is 12.8. The van der Waals surface area contributed by atoms with Gasteiger partial charge in [-0.1, -0.05) is 0 Å². The molecule has 0 atom stereocenters. The third kappa shape index (κ3) is 3.35. The van der Waals surface area contributed by atoms with Gasteiger partial charge in [-0.3, -0.25) is 4.79 Å². The van der Waals surface area contributed by atoms with E-state index in [0.29, 0.717) is 17.9 Å². The molecule has 0 aliphatic rings. The standard InChI is InChI=1S/C16H16O3/c1-3-18-14-6-8-15(9-7-14)19-16-5-4-13(11-17)12(2)10-16/h4-11H,3H2,1-2H3. The van der Waals surface area contributed by atoms with Crippen LogP contribution >= 0.6 is 0 Å². The number of carbonyl (C=O) groups is 1. The Morgan fingerprint density at radius 1 is 1.00 bits per heavy atom. The van der Waals surface area contributed by atoms with Gasteiger partial charge in [-0.2, -0.15) is 0 Å². The average Bonchev–Trinajstić information content (AvgIpc) is 2.42. The quantitative estimate of drug-likeness (QED) is 0.758. The van der Waals surface area contributed by atoms with Crippen molar-refractivity contribution in [2.45, 2.75) is 13.8 Å². The highest BCUT2D eigenvalue weighted by atomic mass is 16.5. The van der Waals surface area contributed by atoms with Gasteiger partial charge in [0.2, 0.25) is 0 Å². The minimum absolute atomic E-state index is 0.645. The summed E-state index contributed by atoms with van der Waals surface area (Å²) in [6.45, 7) is 4.48. The van der Waals surface area contributed by atoms with E-state index >= 15 is 0 Å². The molecule has 0 aromatic heterocycles. The van der Waals surface area contributed by atoms with Gasteiger partial charge in [-0.15, -0.1) is 0 Å². The second kappa shape index (κ2) is 6.05. The molecular weight excluding hydrogens is 240 g/mol. The maximum absolute atomic E-state index is 10.7. The first kappa shape index (κ1) is 13.1. The lowest BCUT2D eigenvalue weighted by Gasteiger charge is -2.08. The Balaban J connectivity index is 2.12. The van der Waals surface area contributed by atoms with E-state index in [1.54, 1.807) is 12.1 Å². The monoisotopic (exact) mass is 256 g/mol. The average molecular weight is 256 g/mol. The maximum Gasteiger partial charge on any atom is 0.150 e. The summed E-state index contributed by atoms with van der Waals surface area (Å²) < 4.78 is 11.1. The van der Waals surface area contributed by atoms with E-state index in [1.165, 1.54) is 0 Å². The van der Waals surface area contributed by atoms with Crippen LogP contribution in [0.25, 0.3) is 0 Å². The molecular formula is C16H16O3. The van der Waals surface area contributed by atoms with Crippen LogP contribution in [0.2, 0.25) is 0 Å². The van der Waals surface area contributed by atoms with E-state index in [9.17, 15) is 4.79 Å². The molecule has 98 valence electrons. The Hall–Kier alpha value is -2.29. The van der Waals surface area contributed by atoms with Crippen LogP contribution < -0.4 is 9.47 Å². The second-order valence-electron chi connectivity index (χ2n) is 4.14. The van der Waals surface area contributed by atoms with Gasteiger partial charge < -0.3 is 9.47 Å². The van der Waals surface area contributed by atoms with E-state index in [0.717, 1.165) is 23.3 Å². The Bertz CT molecular complexity index is 559. The van der Waals surface area contributed by atoms with Crippen LogP contribution in [0.4, 0.5) is 0 Å². The summed E-state index contributed by atoms with van der Waals surface area (Å²) in [5.41, 5.74) is 1.58. The lowest BCUT2D eigenvalue weighted by atomic mass is 10.1. The predicted octanol–water partition coefficient (Wildman–Crippen LogP) is 4.00. The van der Waals surface area contributed by atoms with Crippen molar-refractivity contribution in [2.75, 3.05) is 6.61 Å². The third-order valence-corrected chi connectivity index (χ3v) is 2.74. The van der Waals surface area contributed by atoms with Crippen molar-refractivity contribution < 1.29 is 14.3 Å². The van der Waals surface area contributed by atoms with Crippen molar-refractivity contribution in [3.05, 3.63) is 53.6 Å². The van der Waals surface area contributed by atoms with Gasteiger partial charge in [-0.25, -0.2) is 0 Å². The highest BCUT2D eigenvalue weighted by Crippen LogP contribution is 2.25. The summed E-state index contributed by atoms with van der Waals surface area (Å²) in [4.78, 5) is 10.7. The SMILES string of the molecule is CCOc1ccc(Oc2ccc(C=O)c(C)c2)cc1. The lowest BCUT2D eigenvalue weighted by Crippen LogP contribution is -1.92. The van der Waals surface area contributed by atoms with Gasteiger partial charge in [0.25, 0.3) is 0 Å². The van der Waals surface area contributed by atoms with Gasteiger partial charge >= 0.3 is 0 Å². The van der Waals surface area contributed by atoms with Gasteiger partial charge in [-0.05, 0) is 61.9 Å². The zero-order chi connectivity index (χ0) is 13.7. The van der Waals surface area contributed by atoms with Crippen molar-refractivity contribution in [1.82, 2.24) is 0 Å². The van der Waals surface area contributed by atoms with Crippen LogP contribution in [-0.2, 0) is 0 Å². The van der Waals surface area contributed by atoms with Gasteiger partial charge in [0.1, 0.15) is 23.5 Å². The van der Waals surface area contributed by atoms with Crippen LogP contribution in [0, 0.1) is 6.92 Å². The number of hydrogen-bond donors (Lipinski definition) is 0. The van der Waals surface area contributed by atoms with E-state index in [-0.39, 0.29) is 0 Å². The molecule has 0 saturated carbocycles. The van der Waals surface area contributed by atoms with Crippen molar-refractivity contribution in [2.24, 2.45) is 0 Å². The molecule has 2 aromatic carbocycles. The molecule has 0 heterocycles. The highest BCUT2D eigenvalue weighted by Gasteiger charge is 2.02. The summed E-state index contributed by atoms with van der Waals surface area (Å²) in [5, 5.41) is 0. The zero-order valence-corrected chi connectivity index (χ0v) is 11.1. The first-order chi connectivity index (χ1) is 9.22. The first-order valence-corrected chi connectivity index (χ1v) is 6.19. The van der Waals surface area contributed by atoms with Crippen molar-refractivity contribution in [3.63, 3.8) is 0 Å². The fraction of sp³-hybridized carbons (Fsp3) is 0.188. The fourth-order valence-corrected chi connectivity index (χ4v) is 1.75. The molecule has 2 rings (SSSR count). The van der Waals surface area contributed by atoms with Crippen LogP contribution in [-0.4, -0.2) is 12.9 Å². The van der Waals surface area contributed by atoms with Crippen molar-refractivity contribution >= 4 is 6.29 Å². The van der Waals surface area contributed by atoms with Crippen LogP contribution in [0.15, 0.2) is 42.5 Å². The molecule has 0 fully saturated rings. The molecule has 0 N–H and O–H groups in total. The number of aldehydes is 1. The summed E-state index contributed by atoms with van der Waals surface area (Å²) in [7, 11) is 0. The summed E-state index contributed by atoms with van der Waals surface area (Å²) >= 11 is 0. The lowest BCUT2D eigenvalue weighted by molar-refractivity contribution is 0.112. The molecule has 3 heteroatoms. The van der Waals surface area contributed by atoms with Crippen LogP contribution in [0.5, 0.6) is 17.2 Å². The Morgan fingerprint density at radius 3 is 2.21 bits per heavy atom. The molecule has 0 amide bonds. The Kier molecular flexibility index (Phi) is 4.18. The number of rotatable bonds is 5. The minimum Gasteiger partial charge on any atom is -0.494 e. The van der Waals surface area contributed by atoms with E-state index in [2.05, 4.69) is 0 Å². The fourth-order valence-electron chi connectivity index (χ4n) is 1.75. The molecule has 0 spiro atoms. The Labute approximate surface area is 112 Å². The second-order valence-corrected chi connectivity index (χ2v) is 4.14. The molecule has 2 aromatic rings. The molecule has 0 saturated heterocycles. The minimum atomic E-state index is 0.645. The van der Waals surface area contributed by atoms with Crippen LogP contribution in [0.3, 0.4) is 0 Å². The third-order valence-electron chi connectivity index (χ3n) is 2.74. The Morgan fingerprint density at radius 2 is 1.63 bits per heavy atom. The smallest absolute Gasteiger partial charge is 0.150 e. The number of ether oxygens (including phenoxy) is 2. The predicted molar refractivity (Wildman–Crippen MR) is 74.3 cm³/mol. The highest BCUT2D eigenvalue weighted by molar-refractivity contribution is 5.77. The first-order valence-electron chi connectivity index (χ1n) is 6.19. The molecule has 0 aliphatic heterocycles. The van der Waals surface area contributed by atoms with Crippen molar-refractivity contribution in [3.8, 4) is 17.2 Å². The molecule has 0 radical (unpaired) electrons. The van der Waals surface area contributed by atoms with Gasteiger partial charge in [0, 0.05) is 5.56 Å². The number of benzene rings is 2. The molecule has 0 bridgehead atoms. The molecule has 19 heavy (non-hydrogen) atoms. The zero-order valence-electron chi connectivity index (χ0n) is 11.1. The van der Waals surface area contributed by atoms with Crippen molar-refractivity contribution in [1.29, 1.82) is 0 Å². The van der Waals surface area contributed by atoms with Gasteiger partial charge in [0.15, 0.2) is 0 Å². The number of aryl methyl sites for hydroxylation is 1. The van der Waals surface area contributed by atoms with E-state index < -0.39 is 0 Å². The molecule has 0 aliphatic carbocycles. The molecule has 3 nitrogen and oxygen atoms in total. The maximum atomic E-state index is 10.7. The number of hydrogen-bond acceptors (Lipinski definition) is 3. The number of carbonyl (C=O) groups excluding carboxylic acids is 1. The normalized spacial score (nSPS) is 10.0. The largest absolute Gasteiger partial charge is 0.494 e. The summed E-state index contributed by atoms with van der Waals surface area (Å²) in [5.74, 6) is 2.27. The van der Waals surface area contributed by atoms with E-state index in [4.69, 9.17) is 9.47 Å². The van der Waals surface area contributed by atoms with Crippen LogP contribution in [0.1, 0.15) is 22.8 Å². The summed E-state index contributed by atoms with van der Waals surface area (Å²) in [6.07, 6.45) is 0.843. The molecule has 0 unspecified atom stereocenters. The topological polar surface area (TPSA) is 35.5 Å². The van der Waals surface area contributed by atoms with E-state index in [1.807, 2.05) is 44.2 Å².